The van der Waals surface area contributed by atoms with Crippen LogP contribution in [0.2, 0.25) is 5.02 Å². The maximum absolute atomic E-state index is 12.3. The smallest absolute Gasteiger partial charge is 0.322 e. The quantitative estimate of drug-likeness (QED) is 0.924. The van der Waals surface area contributed by atoms with Gasteiger partial charge in [-0.1, -0.05) is 23.7 Å². The van der Waals surface area contributed by atoms with Crippen LogP contribution >= 0.6 is 11.6 Å². The van der Waals surface area contributed by atoms with Crippen LogP contribution < -0.4 is 10.1 Å². The molecule has 2 amide bonds. The van der Waals surface area contributed by atoms with Crippen molar-refractivity contribution < 1.29 is 9.53 Å². The topological polar surface area (TPSA) is 67.3 Å². The van der Waals surface area contributed by atoms with Gasteiger partial charge in [0.2, 0.25) is 0 Å². The van der Waals surface area contributed by atoms with Crippen molar-refractivity contribution >= 4 is 23.3 Å². The van der Waals surface area contributed by atoms with Crippen LogP contribution in [0, 0.1) is 13.8 Å². The molecule has 1 aromatic heterocycles. The van der Waals surface area contributed by atoms with E-state index in [0.29, 0.717) is 29.8 Å². The van der Waals surface area contributed by atoms with Crippen LogP contribution in [0.1, 0.15) is 17.8 Å². The van der Waals surface area contributed by atoms with E-state index in [2.05, 4.69) is 15.3 Å². The van der Waals surface area contributed by atoms with Crippen molar-refractivity contribution in [2.45, 2.75) is 26.4 Å². The number of benzene rings is 1. The summed E-state index contributed by atoms with van der Waals surface area (Å²) in [5.74, 6) is 0. The van der Waals surface area contributed by atoms with Crippen LogP contribution in [-0.4, -0.2) is 40.1 Å². The predicted octanol–water partition coefficient (Wildman–Crippen LogP) is 3.43. The molecule has 7 heteroatoms. The molecular weight excluding hydrogens is 328 g/mol. The van der Waals surface area contributed by atoms with E-state index in [1.807, 2.05) is 32.0 Å². The highest BCUT2D eigenvalue weighted by atomic mass is 35.5. The number of nitrogens with zero attached hydrogens (tertiary/aromatic N) is 3. The summed E-state index contributed by atoms with van der Waals surface area (Å²) in [5.41, 5.74) is 2.33. The van der Waals surface area contributed by atoms with Crippen molar-refractivity contribution in [3.8, 4) is 6.01 Å². The average Bonchev–Trinajstić information content (AvgIpc) is 2.97. The van der Waals surface area contributed by atoms with Crippen molar-refractivity contribution in [3.05, 3.63) is 46.7 Å². The molecule has 0 unspecified atom stereocenters. The second-order valence-corrected chi connectivity index (χ2v) is 6.23. The summed E-state index contributed by atoms with van der Waals surface area (Å²) in [7, 11) is 0. The molecule has 1 N–H and O–H groups in total. The number of hydrogen-bond donors (Lipinski definition) is 1. The van der Waals surface area contributed by atoms with E-state index in [9.17, 15) is 4.79 Å². The summed E-state index contributed by atoms with van der Waals surface area (Å²) in [4.78, 5) is 22.6. The molecule has 126 valence electrons. The molecular formula is C17H19ClN4O2. The summed E-state index contributed by atoms with van der Waals surface area (Å²) >= 11 is 6.07. The first-order valence-electron chi connectivity index (χ1n) is 7.80. The summed E-state index contributed by atoms with van der Waals surface area (Å²) in [5, 5.41) is 3.34. The third kappa shape index (κ3) is 3.94. The van der Waals surface area contributed by atoms with E-state index < -0.39 is 0 Å². The predicted molar refractivity (Wildman–Crippen MR) is 92.6 cm³/mol. The molecule has 0 radical (unpaired) electrons. The Morgan fingerprint density at radius 3 is 2.71 bits per heavy atom. The lowest BCUT2D eigenvalue weighted by Crippen LogP contribution is -2.34. The molecule has 0 saturated carbocycles. The minimum Gasteiger partial charge on any atom is -0.458 e. The Morgan fingerprint density at radius 1 is 1.29 bits per heavy atom. The van der Waals surface area contributed by atoms with Gasteiger partial charge in [0.1, 0.15) is 6.10 Å². The third-order valence-corrected chi connectivity index (χ3v) is 4.11. The Kier molecular flexibility index (Phi) is 4.85. The van der Waals surface area contributed by atoms with Gasteiger partial charge in [0, 0.05) is 24.4 Å². The lowest BCUT2D eigenvalue weighted by molar-refractivity contribution is 0.183. The summed E-state index contributed by atoms with van der Waals surface area (Å²) in [6, 6.07) is 9.24. The molecule has 1 aromatic carbocycles. The molecule has 2 heterocycles. The van der Waals surface area contributed by atoms with Crippen LogP contribution in [0.4, 0.5) is 10.5 Å². The van der Waals surface area contributed by atoms with Gasteiger partial charge in [-0.3, -0.25) is 0 Å². The standard InChI is InChI=1S/C17H19ClN4O2/c1-11-9-12(2)20-16(19-11)24-13-7-8-22(10-13)17(23)21-15-6-4-3-5-14(15)18/h3-6,9,13H,7-8,10H2,1-2H3,(H,21,23)/t13-/m1/s1. The minimum absolute atomic E-state index is 0.108. The van der Waals surface area contributed by atoms with E-state index in [4.69, 9.17) is 16.3 Å². The molecule has 6 nitrogen and oxygen atoms in total. The number of likely N-dealkylation sites (tertiary alicyclic amines) is 1. The summed E-state index contributed by atoms with van der Waals surface area (Å²) in [6.07, 6.45) is 0.634. The first kappa shape index (κ1) is 16.5. The number of urea groups is 1. The number of aryl methyl sites for hydroxylation is 2. The van der Waals surface area contributed by atoms with E-state index >= 15 is 0 Å². The summed E-state index contributed by atoms with van der Waals surface area (Å²) in [6.45, 7) is 4.91. The highest BCUT2D eigenvalue weighted by Gasteiger charge is 2.28. The normalized spacial score (nSPS) is 17.0. The molecule has 0 bridgehead atoms. The van der Waals surface area contributed by atoms with Crippen molar-refractivity contribution in [1.82, 2.24) is 14.9 Å². The fraction of sp³-hybridized carbons (Fsp3) is 0.353. The molecule has 1 aliphatic rings. The molecule has 1 saturated heterocycles. The number of anilines is 1. The van der Waals surface area contributed by atoms with Gasteiger partial charge >= 0.3 is 12.0 Å². The maximum Gasteiger partial charge on any atom is 0.322 e. The minimum atomic E-state index is -0.185. The second-order valence-electron chi connectivity index (χ2n) is 5.82. The second kappa shape index (κ2) is 7.05. The van der Waals surface area contributed by atoms with Gasteiger partial charge in [-0.2, -0.15) is 0 Å². The average molecular weight is 347 g/mol. The zero-order valence-corrected chi connectivity index (χ0v) is 14.4. The number of amides is 2. The van der Waals surface area contributed by atoms with E-state index in [1.54, 1.807) is 17.0 Å². The SMILES string of the molecule is Cc1cc(C)nc(O[C@@H]2CCN(C(=O)Nc3ccccc3Cl)C2)n1. The highest BCUT2D eigenvalue weighted by molar-refractivity contribution is 6.33. The van der Waals surface area contributed by atoms with Gasteiger partial charge in [0.05, 0.1) is 17.3 Å². The fourth-order valence-electron chi connectivity index (χ4n) is 2.66. The first-order chi connectivity index (χ1) is 11.5. The van der Waals surface area contributed by atoms with E-state index in [-0.39, 0.29) is 12.1 Å². The molecule has 0 spiro atoms. The Hall–Kier alpha value is -2.34. The number of carbonyl (C=O) groups is 1. The lowest BCUT2D eigenvalue weighted by Gasteiger charge is -2.18. The van der Waals surface area contributed by atoms with Gasteiger partial charge < -0.3 is 15.0 Å². The monoisotopic (exact) mass is 346 g/mol. The highest BCUT2D eigenvalue weighted by Crippen LogP contribution is 2.22. The van der Waals surface area contributed by atoms with Gasteiger partial charge in [-0.25, -0.2) is 14.8 Å². The molecule has 1 fully saturated rings. The number of aromatic nitrogens is 2. The molecule has 1 aliphatic heterocycles. The van der Waals surface area contributed by atoms with Crippen molar-refractivity contribution in [2.75, 3.05) is 18.4 Å². The van der Waals surface area contributed by atoms with E-state index in [0.717, 1.165) is 17.8 Å². The number of hydrogen-bond acceptors (Lipinski definition) is 4. The first-order valence-corrected chi connectivity index (χ1v) is 8.18. The molecule has 1 atom stereocenters. The lowest BCUT2D eigenvalue weighted by atomic mass is 10.3. The Balaban J connectivity index is 1.58. The maximum atomic E-state index is 12.3. The third-order valence-electron chi connectivity index (χ3n) is 3.78. The van der Waals surface area contributed by atoms with Gasteiger partial charge in [-0.05, 0) is 32.0 Å². The number of halogens is 1. The number of rotatable bonds is 3. The van der Waals surface area contributed by atoms with Crippen LogP contribution in [-0.2, 0) is 0 Å². The van der Waals surface area contributed by atoms with Crippen LogP contribution in [0.5, 0.6) is 6.01 Å². The van der Waals surface area contributed by atoms with Gasteiger partial charge in [0.15, 0.2) is 0 Å². The zero-order chi connectivity index (χ0) is 17.1. The molecule has 24 heavy (non-hydrogen) atoms. The number of carbonyl (C=O) groups excluding carboxylic acids is 1. The van der Waals surface area contributed by atoms with Crippen molar-refractivity contribution in [1.29, 1.82) is 0 Å². The number of nitrogens with one attached hydrogen (secondary N) is 1. The van der Waals surface area contributed by atoms with E-state index in [1.165, 1.54) is 0 Å². The fourth-order valence-corrected chi connectivity index (χ4v) is 2.84. The Morgan fingerprint density at radius 2 is 2.00 bits per heavy atom. The largest absolute Gasteiger partial charge is 0.458 e. The Labute approximate surface area is 145 Å². The zero-order valence-electron chi connectivity index (χ0n) is 13.6. The number of para-hydroxylation sites is 1. The van der Waals surface area contributed by atoms with Crippen molar-refractivity contribution in [3.63, 3.8) is 0 Å². The van der Waals surface area contributed by atoms with Crippen LogP contribution in [0.15, 0.2) is 30.3 Å². The molecule has 3 rings (SSSR count). The van der Waals surface area contributed by atoms with Crippen LogP contribution in [0.25, 0.3) is 0 Å². The van der Waals surface area contributed by atoms with Gasteiger partial charge in [-0.15, -0.1) is 0 Å². The Bertz CT molecular complexity index is 733. The van der Waals surface area contributed by atoms with Crippen molar-refractivity contribution in [2.24, 2.45) is 0 Å². The van der Waals surface area contributed by atoms with Crippen LogP contribution in [0.3, 0.4) is 0 Å². The molecule has 0 aliphatic carbocycles. The molecule has 2 aromatic rings. The van der Waals surface area contributed by atoms with Gasteiger partial charge in [0.25, 0.3) is 0 Å². The number of ether oxygens (including phenoxy) is 1. The summed E-state index contributed by atoms with van der Waals surface area (Å²) < 4.78 is 5.82.